The predicted molar refractivity (Wildman–Crippen MR) is 57.5 cm³/mol. The van der Waals surface area contributed by atoms with E-state index in [1.807, 2.05) is 6.07 Å². The second-order valence-electron chi connectivity index (χ2n) is 3.63. The van der Waals surface area contributed by atoms with Crippen LogP contribution in [-0.4, -0.2) is 12.2 Å². The van der Waals surface area contributed by atoms with Crippen molar-refractivity contribution in [2.24, 2.45) is 5.73 Å². The SMILES string of the molecule is COc1ccc(Br)c(C2(N)CC2)c1O. The van der Waals surface area contributed by atoms with Gasteiger partial charge in [-0.2, -0.15) is 0 Å². The van der Waals surface area contributed by atoms with Gasteiger partial charge in [-0.05, 0) is 25.0 Å². The first kappa shape index (κ1) is 9.80. The van der Waals surface area contributed by atoms with Gasteiger partial charge in [-0.1, -0.05) is 15.9 Å². The molecule has 3 nitrogen and oxygen atoms in total. The van der Waals surface area contributed by atoms with Crippen molar-refractivity contribution in [2.45, 2.75) is 18.4 Å². The van der Waals surface area contributed by atoms with E-state index >= 15 is 0 Å². The molecule has 3 N–H and O–H groups in total. The van der Waals surface area contributed by atoms with Crippen molar-refractivity contribution in [3.8, 4) is 11.5 Å². The third-order valence-electron chi connectivity index (χ3n) is 2.60. The predicted octanol–water partition coefficient (Wildman–Crippen LogP) is 2.11. The molecule has 1 aromatic rings. The Labute approximate surface area is 91.0 Å². The van der Waals surface area contributed by atoms with Crippen LogP contribution in [0.15, 0.2) is 16.6 Å². The summed E-state index contributed by atoms with van der Waals surface area (Å²) in [5.74, 6) is 0.627. The highest BCUT2D eigenvalue weighted by Gasteiger charge is 2.44. The lowest BCUT2D eigenvalue weighted by Gasteiger charge is -2.15. The van der Waals surface area contributed by atoms with Crippen LogP contribution in [0, 0.1) is 0 Å². The van der Waals surface area contributed by atoms with E-state index in [1.54, 1.807) is 6.07 Å². The molecule has 14 heavy (non-hydrogen) atoms. The summed E-state index contributed by atoms with van der Waals surface area (Å²) in [5.41, 5.74) is 6.44. The van der Waals surface area contributed by atoms with E-state index in [0.29, 0.717) is 5.75 Å². The van der Waals surface area contributed by atoms with Crippen molar-refractivity contribution in [1.82, 2.24) is 0 Å². The summed E-state index contributed by atoms with van der Waals surface area (Å²) in [4.78, 5) is 0. The molecule has 1 aromatic carbocycles. The van der Waals surface area contributed by atoms with E-state index in [2.05, 4.69) is 15.9 Å². The Morgan fingerprint density at radius 2 is 2.14 bits per heavy atom. The number of nitrogens with two attached hydrogens (primary N) is 1. The van der Waals surface area contributed by atoms with Gasteiger partial charge in [0.2, 0.25) is 0 Å². The zero-order valence-electron chi connectivity index (χ0n) is 7.88. The number of hydrogen-bond acceptors (Lipinski definition) is 3. The number of phenolic OH excluding ortho intramolecular Hbond substituents is 1. The largest absolute Gasteiger partial charge is 0.504 e. The minimum Gasteiger partial charge on any atom is -0.504 e. The van der Waals surface area contributed by atoms with Gasteiger partial charge in [0.25, 0.3) is 0 Å². The smallest absolute Gasteiger partial charge is 0.163 e. The van der Waals surface area contributed by atoms with Gasteiger partial charge in [-0.25, -0.2) is 0 Å². The highest BCUT2D eigenvalue weighted by Crippen LogP contribution is 2.51. The van der Waals surface area contributed by atoms with Crippen molar-refractivity contribution < 1.29 is 9.84 Å². The molecule has 2 rings (SSSR count). The van der Waals surface area contributed by atoms with Crippen molar-refractivity contribution >= 4 is 15.9 Å². The lowest BCUT2D eigenvalue weighted by Crippen LogP contribution is -2.19. The minimum absolute atomic E-state index is 0.155. The molecular formula is C10H12BrNO2. The monoisotopic (exact) mass is 257 g/mol. The molecular weight excluding hydrogens is 246 g/mol. The zero-order valence-corrected chi connectivity index (χ0v) is 9.47. The number of methoxy groups -OCH3 is 1. The molecule has 0 unspecified atom stereocenters. The van der Waals surface area contributed by atoms with Gasteiger partial charge in [0.1, 0.15) is 0 Å². The van der Waals surface area contributed by atoms with Crippen molar-refractivity contribution in [3.05, 3.63) is 22.2 Å². The highest BCUT2D eigenvalue weighted by molar-refractivity contribution is 9.10. The summed E-state index contributed by atoms with van der Waals surface area (Å²) in [6.45, 7) is 0. The summed E-state index contributed by atoms with van der Waals surface area (Å²) in [7, 11) is 1.53. The van der Waals surface area contributed by atoms with Crippen molar-refractivity contribution in [1.29, 1.82) is 0 Å². The molecule has 0 aliphatic heterocycles. The normalized spacial score (nSPS) is 17.9. The van der Waals surface area contributed by atoms with E-state index in [1.165, 1.54) is 7.11 Å². The lowest BCUT2D eigenvalue weighted by molar-refractivity contribution is 0.367. The first-order valence-electron chi connectivity index (χ1n) is 4.43. The van der Waals surface area contributed by atoms with Gasteiger partial charge >= 0.3 is 0 Å². The second-order valence-corrected chi connectivity index (χ2v) is 4.48. The van der Waals surface area contributed by atoms with Gasteiger partial charge in [0.05, 0.1) is 7.11 Å². The molecule has 4 heteroatoms. The highest BCUT2D eigenvalue weighted by atomic mass is 79.9. The average molecular weight is 258 g/mol. The first-order valence-corrected chi connectivity index (χ1v) is 5.22. The van der Waals surface area contributed by atoms with Gasteiger partial charge < -0.3 is 15.6 Å². The van der Waals surface area contributed by atoms with Gasteiger partial charge in [0, 0.05) is 15.6 Å². The molecule has 0 atom stereocenters. The van der Waals surface area contributed by atoms with E-state index in [-0.39, 0.29) is 11.3 Å². The van der Waals surface area contributed by atoms with Crippen LogP contribution in [0.3, 0.4) is 0 Å². The molecule has 1 fully saturated rings. The maximum Gasteiger partial charge on any atom is 0.163 e. The topological polar surface area (TPSA) is 55.5 Å². The molecule has 0 radical (unpaired) electrons. The minimum atomic E-state index is -0.364. The summed E-state index contributed by atoms with van der Waals surface area (Å²) in [6.07, 6.45) is 1.82. The van der Waals surface area contributed by atoms with Gasteiger partial charge in [-0.15, -0.1) is 0 Å². The van der Waals surface area contributed by atoms with Crippen LogP contribution < -0.4 is 10.5 Å². The molecule has 0 amide bonds. The molecule has 1 aliphatic rings. The van der Waals surface area contributed by atoms with E-state index in [9.17, 15) is 5.11 Å². The molecule has 0 heterocycles. The fraction of sp³-hybridized carbons (Fsp3) is 0.400. The van der Waals surface area contributed by atoms with Crippen molar-refractivity contribution in [2.75, 3.05) is 7.11 Å². The number of halogens is 1. The standard InChI is InChI=1S/C10H12BrNO2/c1-14-7-3-2-6(11)8(9(7)13)10(12)4-5-10/h2-3,13H,4-5,12H2,1H3. The molecule has 1 saturated carbocycles. The summed E-state index contributed by atoms with van der Waals surface area (Å²) >= 11 is 3.39. The number of benzene rings is 1. The quantitative estimate of drug-likeness (QED) is 0.854. The molecule has 1 aliphatic carbocycles. The third-order valence-corrected chi connectivity index (χ3v) is 3.26. The number of ether oxygens (including phenoxy) is 1. The van der Waals surface area contributed by atoms with Crippen LogP contribution in [0.25, 0.3) is 0 Å². The van der Waals surface area contributed by atoms with Crippen LogP contribution in [0.2, 0.25) is 0 Å². The summed E-state index contributed by atoms with van der Waals surface area (Å²) in [5, 5.41) is 9.91. The Morgan fingerprint density at radius 3 is 2.64 bits per heavy atom. The lowest BCUT2D eigenvalue weighted by atomic mass is 10.0. The Morgan fingerprint density at radius 1 is 1.50 bits per heavy atom. The second kappa shape index (κ2) is 3.14. The van der Waals surface area contributed by atoms with E-state index in [0.717, 1.165) is 22.9 Å². The third kappa shape index (κ3) is 1.38. The summed E-state index contributed by atoms with van der Waals surface area (Å²) < 4.78 is 5.88. The number of hydrogen-bond donors (Lipinski definition) is 2. The molecule has 0 aromatic heterocycles. The van der Waals surface area contributed by atoms with Gasteiger partial charge in [-0.3, -0.25) is 0 Å². The average Bonchev–Trinajstić information content (AvgIpc) is 2.85. The van der Waals surface area contributed by atoms with E-state index in [4.69, 9.17) is 10.5 Å². The van der Waals surface area contributed by atoms with Crippen LogP contribution in [-0.2, 0) is 5.54 Å². The maximum absolute atomic E-state index is 9.91. The zero-order chi connectivity index (χ0) is 10.3. The van der Waals surface area contributed by atoms with Crippen LogP contribution >= 0.6 is 15.9 Å². The number of phenols is 1. The van der Waals surface area contributed by atoms with Crippen LogP contribution in [0.4, 0.5) is 0 Å². The maximum atomic E-state index is 9.91. The van der Waals surface area contributed by atoms with Crippen LogP contribution in [0.1, 0.15) is 18.4 Å². The molecule has 0 spiro atoms. The number of rotatable bonds is 2. The fourth-order valence-corrected chi connectivity index (χ4v) is 2.29. The molecule has 76 valence electrons. The Hall–Kier alpha value is -0.740. The van der Waals surface area contributed by atoms with E-state index < -0.39 is 0 Å². The van der Waals surface area contributed by atoms with Gasteiger partial charge in [0.15, 0.2) is 11.5 Å². The first-order chi connectivity index (χ1) is 6.58. The van der Waals surface area contributed by atoms with Crippen LogP contribution in [0.5, 0.6) is 11.5 Å². The molecule has 0 bridgehead atoms. The Bertz CT molecular complexity index is 375. The Balaban J connectivity index is 2.56. The summed E-state index contributed by atoms with van der Waals surface area (Å²) in [6, 6.07) is 3.56. The van der Waals surface area contributed by atoms with Crippen molar-refractivity contribution in [3.63, 3.8) is 0 Å². The fourth-order valence-electron chi connectivity index (χ4n) is 1.57. The molecule has 0 saturated heterocycles. The number of aromatic hydroxyl groups is 1. The Kier molecular flexibility index (Phi) is 2.20.